The van der Waals surface area contributed by atoms with Crippen LogP contribution in [0.1, 0.15) is 26.7 Å². The van der Waals surface area contributed by atoms with E-state index in [1.165, 1.54) is 11.8 Å². The van der Waals surface area contributed by atoms with Crippen molar-refractivity contribution in [3.8, 4) is 17.1 Å². The number of rotatable bonds is 10. The fraction of sp³-hybridized carbons (Fsp3) is 0.421. The molecule has 1 aromatic heterocycles. The summed E-state index contributed by atoms with van der Waals surface area (Å²) in [6, 6.07) is 7.64. The summed E-state index contributed by atoms with van der Waals surface area (Å²) in [7, 11) is 1.63. The summed E-state index contributed by atoms with van der Waals surface area (Å²) in [5.41, 5.74) is 0.926. The maximum absolute atomic E-state index is 12.2. The number of carbonyl (C=O) groups is 1. The molecule has 26 heavy (non-hydrogen) atoms. The van der Waals surface area contributed by atoms with Crippen LogP contribution in [0.25, 0.3) is 11.4 Å². The van der Waals surface area contributed by atoms with Gasteiger partial charge in [0.05, 0.1) is 13.7 Å². The van der Waals surface area contributed by atoms with Crippen molar-refractivity contribution in [2.24, 2.45) is 0 Å². The highest BCUT2D eigenvalue weighted by Gasteiger charge is 2.24. The number of benzene rings is 1. The largest absolute Gasteiger partial charge is 0.497 e. The molecule has 0 radical (unpaired) electrons. The first-order chi connectivity index (χ1) is 12.6. The molecule has 2 rings (SSSR count). The minimum Gasteiger partial charge on any atom is -0.497 e. The Balaban J connectivity index is 2.31. The molecule has 0 aliphatic carbocycles. The summed E-state index contributed by atoms with van der Waals surface area (Å²) in [5, 5.41) is 9.03. The molecule has 1 unspecified atom stereocenters. The zero-order valence-electron chi connectivity index (χ0n) is 15.5. The number of hydrogen-bond donors (Lipinski definition) is 0. The summed E-state index contributed by atoms with van der Waals surface area (Å²) < 4.78 is 12.4. The van der Waals surface area contributed by atoms with E-state index >= 15 is 0 Å². The van der Waals surface area contributed by atoms with Crippen molar-refractivity contribution in [2.75, 3.05) is 13.7 Å². The smallest absolute Gasteiger partial charge is 0.319 e. The van der Waals surface area contributed by atoms with Gasteiger partial charge in [0.25, 0.3) is 0 Å². The van der Waals surface area contributed by atoms with Gasteiger partial charge in [-0.2, -0.15) is 0 Å². The Morgan fingerprint density at radius 2 is 2.04 bits per heavy atom. The second-order valence-electron chi connectivity index (χ2n) is 5.58. The maximum Gasteiger partial charge on any atom is 0.319 e. The molecule has 0 fully saturated rings. The predicted molar refractivity (Wildman–Crippen MR) is 103 cm³/mol. The lowest BCUT2D eigenvalue weighted by Crippen LogP contribution is -2.21. The Kier molecular flexibility index (Phi) is 7.72. The maximum atomic E-state index is 12.2. The quantitative estimate of drug-likeness (QED) is 0.356. The van der Waals surface area contributed by atoms with Crippen molar-refractivity contribution in [2.45, 2.75) is 43.6 Å². The van der Waals surface area contributed by atoms with Crippen LogP contribution in [0.4, 0.5) is 0 Å². The summed E-state index contributed by atoms with van der Waals surface area (Å²) >= 11 is 1.39. The van der Waals surface area contributed by atoms with Crippen LogP contribution >= 0.6 is 11.8 Å². The summed E-state index contributed by atoms with van der Waals surface area (Å²) in [6.45, 7) is 8.61. The van der Waals surface area contributed by atoms with E-state index in [4.69, 9.17) is 9.47 Å². The second-order valence-corrected chi connectivity index (χ2v) is 6.75. The molecule has 1 atom stereocenters. The molecule has 140 valence electrons. The van der Waals surface area contributed by atoms with Crippen LogP contribution in [-0.2, 0) is 16.1 Å². The molecule has 0 bridgehead atoms. The van der Waals surface area contributed by atoms with Crippen molar-refractivity contribution < 1.29 is 14.3 Å². The Morgan fingerprint density at radius 1 is 1.31 bits per heavy atom. The molecular formula is C19H25N3O3S. The number of thioether (sulfide) groups is 1. The molecule has 0 saturated heterocycles. The third-order valence-electron chi connectivity index (χ3n) is 3.72. The molecule has 7 heteroatoms. The lowest BCUT2D eigenvalue weighted by Gasteiger charge is -2.14. The van der Waals surface area contributed by atoms with Crippen LogP contribution in [0, 0.1) is 0 Å². The number of aromatic nitrogens is 3. The lowest BCUT2D eigenvalue weighted by molar-refractivity contribution is -0.142. The van der Waals surface area contributed by atoms with E-state index in [2.05, 4.69) is 16.8 Å². The van der Waals surface area contributed by atoms with Crippen molar-refractivity contribution in [1.82, 2.24) is 14.8 Å². The van der Waals surface area contributed by atoms with Gasteiger partial charge in [-0.15, -0.1) is 16.8 Å². The predicted octanol–water partition coefficient (Wildman–Crippen LogP) is 3.96. The minimum absolute atomic E-state index is 0.210. The Labute approximate surface area is 158 Å². The molecule has 0 N–H and O–H groups in total. The normalized spacial score (nSPS) is 11.8. The molecule has 0 saturated carbocycles. The number of nitrogens with zero attached hydrogens (tertiary/aromatic N) is 3. The SMILES string of the molecule is C=CCn1c(SC(CCC)C(=O)OCC)nnc1-c1ccc(OC)cc1. The van der Waals surface area contributed by atoms with Gasteiger partial charge in [0.15, 0.2) is 11.0 Å². The van der Waals surface area contributed by atoms with Crippen molar-refractivity contribution >= 4 is 17.7 Å². The highest BCUT2D eigenvalue weighted by molar-refractivity contribution is 8.00. The number of ether oxygens (including phenoxy) is 2. The zero-order chi connectivity index (χ0) is 18.9. The topological polar surface area (TPSA) is 66.2 Å². The molecule has 6 nitrogen and oxygen atoms in total. The van der Waals surface area contributed by atoms with Gasteiger partial charge in [-0.1, -0.05) is 31.2 Å². The number of carbonyl (C=O) groups excluding carboxylic acids is 1. The van der Waals surface area contributed by atoms with Crippen LogP contribution in [0.5, 0.6) is 5.75 Å². The van der Waals surface area contributed by atoms with Crippen molar-refractivity contribution in [1.29, 1.82) is 0 Å². The van der Waals surface area contributed by atoms with Gasteiger partial charge >= 0.3 is 5.97 Å². The number of hydrogen-bond acceptors (Lipinski definition) is 6. The summed E-state index contributed by atoms with van der Waals surface area (Å²) in [5.74, 6) is 1.30. The Morgan fingerprint density at radius 3 is 2.62 bits per heavy atom. The third-order valence-corrected chi connectivity index (χ3v) is 4.95. The molecule has 0 amide bonds. The first-order valence-corrected chi connectivity index (χ1v) is 9.54. The summed E-state index contributed by atoms with van der Waals surface area (Å²) in [6.07, 6.45) is 3.40. The van der Waals surface area contributed by atoms with Gasteiger partial charge in [-0.3, -0.25) is 9.36 Å². The first-order valence-electron chi connectivity index (χ1n) is 8.66. The van der Waals surface area contributed by atoms with E-state index in [9.17, 15) is 4.79 Å². The molecule has 1 heterocycles. The molecule has 0 spiro atoms. The molecular weight excluding hydrogens is 350 g/mol. The minimum atomic E-state index is -0.295. The highest BCUT2D eigenvalue weighted by Crippen LogP contribution is 2.30. The molecule has 0 aliphatic rings. The van der Waals surface area contributed by atoms with Crippen LogP contribution in [-0.4, -0.2) is 39.7 Å². The van der Waals surface area contributed by atoms with Gasteiger partial charge in [-0.25, -0.2) is 0 Å². The third kappa shape index (κ3) is 4.88. The van der Waals surface area contributed by atoms with E-state index in [0.717, 1.165) is 30.0 Å². The number of esters is 1. The number of allylic oxidation sites excluding steroid dienone is 1. The molecule has 1 aromatic carbocycles. The average molecular weight is 375 g/mol. The van der Waals surface area contributed by atoms with Crippen LogP contribution in [0.3, 0.4) is 0 Å². The van der Waals surface area contributed by atoms with Crippen molar-refractivity contribution in [3.05, 3.63) is 36.9 Å². The number of methoxy groups -OCH3 is 1. The first kappa shape index (κ1) is 20.0. The van der Waals surface area contributed by atoms with Crippen LogP contribution in [0.15, 0.2) is 42.1 Å². The van der Waals surface area contributed by atoms with Crippen LogP contribution < -0.4 is 4.74 Å². The van der Waals surface area contributed by atoms with Crippen LogP contribution in [0.2, 0.25) is 0 Å². The molecule has 2 aromatic rings. The lowest BCUT2D eigenvalue weighted by atomic mass is 10.2. The summed E-state index contributed by atoms with van der Waals surface area (Å²) in [4.78, 5) is 12.2. The Bertz CT molecular complexity index is 728. The fourth-order valence-electron chi connectivity index (χ4n) is 2.47. The van der Waals surface area contributed by atoms with E-state index in [1.54, 1.807) is 13.2 Å². The molecule has 0 aliphatic heterocycles. The Hall–Kier alpha value is -2.28. The standard InChI is InChI=1S/C19H25N3O3S/c1-5-8-16(18(23)25-7-3)26-19-21-20-17(22(19)13-6-2)14-9-11-15(24-4)12-10-14/h6,9-12,16H,2,5,7-8,13H2,1,3-4H3. The fourth-order valence-corrected chi connectivity index (χ4v) is 3.62. The van der Waals surface area contributed by atoms with E-state index < -0.39 is 0 Å². The van der Waals surface area contributed by atoms with Gasteiger partial charge in [-0.05, 0) is 37.6 Å². The van der Waals surface area contributed by atoms with E-state index in [0.29, 0.717) is 18.3 Å². The zero-order valence-corrected chi connectivity index (χ0v) is 16.3. The van der Waals surface area contributed by atoms with E-state index in [-0.39, 0.29) is 11.2 Å². The van der Waals surface area contributed by atoms with Crippen molar-refractivity contribution in [3.63, 3.8) is 0 Å². The van der Waals surface area contributed by atoms with Gasteiger partial charge in [0.2, 0.25) is 0 Å². The van der Waals surface area contributed by atoms with Gasteiger partial charge < -0.3 is 9.47 Å². The monoisotopic (exact) mass is 375 g/mol. The van der Waals surface area contributed by atoms with E-state index in [1.807, 2.05) is 42.7 Å². The van der Waals surface area contributed by atoms with Gasteiger partial charge in [0, 0.05) is 12.1 Å². The second kappa shape index (κ2) is 10.0. The highest BCUT2D eigenvalue weighted by atomic mass is 32.2. The van der Waals surface area contributed by atoms with Gasteiger partial charge in [0.1, 0.15) is 11.0 Å². The average Bonchev–Trinajstić information content (AvgIpc) is 3.04.